The molecule has 0 aromatic rings. The van der Waals surface area contributed by atoms with Gasteiger partial charge in [0.15, 0.2) is 0 Å². The summed E-state index contributed by atoms with van der Waals surface area (Å²) in [5, 5.41) is 9.82. The first-order chi connectivity index (χ1) is 6.42. The molecule has 1 saturated heterocycles. The highest BCUT2D eigenvalue weighted by Crippen LogP contribution is 2.21. The van der Waals surface area contributed by atoms with E-state index < -0.39 is 11.6 Å². The van der Waals surface area contributed by atoms with Crippen molar-refractivity contribution in [2.75, 3.05) is 13.1 Å². The molecule has 1 aliphatic rings. The first-order valence-corrected chi connectivity index (χ1v) is 5.19. The second kappa shape index (κ2) is 4.28. The van der Waals surface area contributed by atoms with Gasteiger partial charge in [0.1, 0.15) is 0 Å². The zero-order chi connectivity index (χ0) is 10.8. The second-order valence-corrected chi connectivity index (χ2v) is 4.46. The van der Waals surface area contributed by atoms with E-state index in [1.54, 1.807) is 11.8 Å². The molecule has 1 unspecified atom stereocenters. The van der Waals surface area contributed by atoms with Crippen LogP contribution in [0.1, 0.15) is 33.1 Å². The van der Waals surface area contributed by atoms with Crippen molar-refractivity contribution < 1.29 is 9.90 Å². The van der Waals surface area contributed by atoms with Crippen molar-refractivity contribution in [3.63, 3.8) is 0 Å². The van der Waals surface area contributed by atoms with E-state index in [0.29, 0.717) is 13.0 Å². The zero-order valence-electron chi connectivity index (χ0n) is 8.99. The zero-order valence-corrected chi connectivity index (χ0v) is 8.99. The highest BCUT2D eigenvalue weighted by molar-refractivity contribution is 5.81. The molecule has 4 heteroatoms. The Morgan fingerprint density at radius 1 is 1.50 bits per heavy atom. The molecule has 0 radical (unpaired) electrons. The average molecular weight is 200 g/mol. The maximum absolute atomic E-state index is 11.6. The fourth-order valence-electron chi connectivity index (χ4n) is 1.77. The van der Waals surface area contributed by atoms with Crippen molar-refractivity contribution >= 4 is 5.91 Å². The first-order valence-electron chi connectivity index (χ1n) is 5.19. The van der Waals surface area contributed by atoms with Gasteiger partial charge in [0.25, 0.3) is 0 Å². The van der Waals surface area contributed by atoms with Crippen LogP contribution < -0.4 is 5.73 Å². The van der Waals surface area contributed by atoms with Crippen LogP contribution in [0.2, 0.25) is 0 Å². The summed E-state index contributed by atoms with van der Waals surface area (Å²) < 4.78 is 0. The highest BCUT2D eigenvalue weighted by Gasteiger charge is 2.27. The maximum Gasteiger partial charge on any atom is 0.239 e. The first kappa shape index (κ1) is 11.5. The van der Waals surface area contributed by atoms with E-state index in [-0.39, 0.29) is 5.91 Å². The van der Waals surface area contributed by atoms with Crippen LogP contribution in [0, 0.1) is 0 Å². The molecular weight excluding hydrogens is 180 g/mol. The molecule has 4 nitrogen and oxygen atoms in total. The number of rotatable bonds is 1. The predicted molar refractivity (Wildman–Crippen MR) is 54.7 cm³/mol. The van der Waals surface area contributed by atoms with Crippen LogP contribution in [0.25, 0.3) is 0 Å². The molecule has 2 atom stereocenters. The molecule has 1 fully saturated rings. The Kier molecular flexibility index (Phi) is 3.50. The summed E-state index contributed by atoms with van der Waals surface area (Å²) in [6, 6.07) is -0.432. The number of hydrogen-bond donors (Lipinski definition) is 2. The molecule has 0 spiro atoms. The summed E-state index contributed by atoms with van der Waals surface area (Å²) in [7, 11) is 0. The van der Waals surface area contributed by atoms with Crippen molar-refractivity contribution in [1.29, 1.82) is 0 Å². The van der Waals surface area contributed by atoms with E-state index in [0.717, 1.165) is 19.4 Å². The number of hydrogen-bond acceptors (Lipinski definition) is 3. The number of nitrogens with zero attached hydrogens (tertiary/aromatic N) is 1. The summed E-state index contributed by atoms with van der Waals surface area (Å²) in [6.45, 7) is 4.86. The van der Waals surface area contributed by atoms with Crippen molar-refractivity contribution in [2.24, 2.45) is 5.73 Å². The molecule has 14 heavy (non-hydrogen) atoms. The summed E-state index contributed by atoms with van der Waals surface area (Å²) in [6.07, 6.45) is 2.26. The number of aliphatic hydroxyl groups is 1. The smallest absolute Gasteiger partial charge is 0.239 e. The third-order valence-corrected chi connectivity index (χ3v) is 2.76. The molecule has 1 heterocycles. The van der Waals surface area contributed by atoms with Crippen molar-refractivity contribution in [3.8, 4) is 0 Å². The fourth-order valence-corrected chi connectivity index (χ4v) is 1.77. The molecule has 3 N–H and O–H groups in total. The minimum absolute atomic E-state index is 0.0114. The minimum atomic E-state index is -0.618. The Morgan fingerprint density at radius 2 is 2.14 bits per heavy atom. The fraction of sp³-hybridized carbons (Fsp3) is 0.900. The minimum Gasteiger partial charge on any atom is -0.390 e. The Hall–Kier alpha value is -0.610. The van der Waals surface area contributed by atoms with Gasteiger partial charge in [-0.2, -0.15) is 0 Å². The van der Waals surface area contributed by atoms with Gasteiger partial charge in [-0.05, 0) is 33.1 Å². The molecule has 0 aromatic carbocycles. The Labute approximate surface area is 85.1 Å². The monoisotopic (exact) mass is 200 g/mol. The third kappa shape index (κ3) is 2.96. The van der Waals surface area contributed by atoms with E-state index in [1.165, 1.54) is 0 Å². The molecule has 0 aliphatic carbocycles. The van der Waals surface area contributed by atoms with Crippen molar-refractivity contribution in [2.45, 2.75) is 44.8 Å². The third-order valence-electron chi connectivity index (χ3n) is 2.76. The van der Waals surface area contributed by atoms with E-state index in [1.807, 2.05) is 6.92 Å². The van der Waals surface area contributed by atoms with Crippen molar-refractivity contribution in [1.82, 2.24) is 4.90 Å². The number of nitrogens with two attached hydrogens (primary N) is 1. The molecule has 0 saturated carbocycles. The molecule has 1 amide bonds. The van der Waals surface area contributed by atoms with Crippen LogP contribution >= 0.6 is 0 Å². The van der Waals surface area contributed by atoms with Gasteiger partial charge >= 0.3 is 0 Å². The topological polar surface area (TPSA) is 66.6 Å². The number of carbonyl (C=O) groups is 1. The summed E-state index contributed by atoms with van der Waals surface area (Å²) in [4.78, 5) is 13.3. The van der Waals surface area contributed by atoms with E-state index >= 15 is 0 Å². The molecule has 1 aliphatic heterocycles. The van der Waals surface area contributed by atoms with Crippen molar-refractivity contribution in [3.05, 3.63) is 0 Å². The Balaban J connectivity index is 2.54. The number of carbonyl (C=O) groups excluding carboxylic acids is 1. The molecule has 82 valence electrons. The van der Waals surface area contributed by atoms with E-state index in [9.17, 15) is 9.90 Å². The predicted octanol–water partition coefficient (Wildman–Crippen LogP) is 0.0971. The van der Waals surface area contributed by atoms with Crippen LogP contribution in [0.3, 0.4) is 0 Å². The largest absolute Gasteiger partial charge is 0.390 e. The normalized spacial score (nSPS) is 31.0. The van der Waals surface area contributed by atoms with Gasteiger partial charge in [0.05, 0.1) is 11.6 Å². The van der Waals surface area contributed by atoms with Crippen LogP contribution in [0.15, 0.2) is 0 Å². The van der Waals surface area contributed by atoms with Gasteiger partial charge in [0, 0.05) is 13.1 Å². The Bertz CT molecular complexity index is 214. The lowest BCUT2D eigenvalue weighted by Gasteiger charge is -2.23. The van der Waals surface area contributed by atoms with E-state index in [2.05, 4.69) is 0 Å². The van der Waals surface area contributed by atoms with Crippen LogP contribution in [0.4, 0.5) is 0 Å². The second-order valence-electron chi connectivity index (χ2n) is 4.46. The molecule has 1 rings (SSSR count). The van der Waals surface area contributed by atoms with Gasteiger partial charge in [-0.1, -0.05) is 0 Å². The number of amides is 1. The van der Waals surface area contributed by atoms with E-state index in [4.69, 9.17) is 5.73 Å². The molecule has 0 bridgehead atoms. The number of likely N-dealkylation sites (tertiary alicyclic amines) is 1. The van der Waals surface area contributed by atoms with Crippen LogP contribution in [0.5, 0.6) is 0 Å². The quantitative estimate of drug-likeness (QED) is 0.630. The average Bonchev–Trinajstić information content (AvgIpc) is 2.25. The van der Waals surface area contributed by atoms with Gasteiger partial charge in [-0.25, -0.2) is 0 Å². The maximum atomic E-state index is 11.6. The lowest BCUT2D eigenvalue weighted by atomic mass is 9.98. The molecular formula is C10H20N2O2. The highest BCUT2D eigenvalue weighted by atomic mass is 16.3. The Morgan fingerprint density at radius 3 is 2.71 bits per heavy atom. The SMILES string of the molecule is C[C@@H](N)C(=O)N1CCCC(C)(O)CC1. The molecule has 0 aromatic heterocycles. The van der Waals surface area contributed by atoms with Gasteiger partial charge in [0.2, 0.25) is 5.91 Å². The lowest BCUT2D eigenvalue weighted by molar-refractivity contribution is -0.132. The van der Waals surface area contributed by atoms with Crippen LogP contribution in [-0.2, 0) is 4.79 Å². The van der Waals surface area contributed by atoms with Gasteiger partial charge in [-0.3, -0.25) is 4.79 Å². The van der Waals surface area contributed by atoms with Crippen LogP contribution in [-0.4, -0.2) is 40.6 Å². The van der Waals surface area contributed by atoms with Gasteiger partial charge in [-0.15, -0.1) is 0 Å². The standard InChI is InChI=1S/C10H20N2O2/c1-8(11)9(13)12-6-3-4-10(2,14)5-7-12/h8,14H,3-7,11H2,1-2H3/t8-,10?/m1/s1. The van der Waals surface area contributed by atoms with Gasteiger partial charge < -0.3 is 15.7 Å². The lowest BCUT2D eigenvalue weighted by Crippen LogP contribution is -2.42. The summed E-state index contributed by atoms with van der Waals surface area (Å²) in [5.74, 6) is -0.0114. The summed E-state index contributed by atoms with van der Waals surface area (Å²) >= 11 is 0. The summed E-state index contributed by atoms with van der Waals surface area (Å²) in [5.41, 5.74) is 4.91.